The molecule has 0 aliphatic heterocycles. The zero-order valence-corrected chi connectivity index (χ0v) is 16.4. The molecule has 0 atom stereocenters. The maximum atomic E-state index is 11.6. The lowest BCUT2D eigenvalue weighted by Gasteiger charge is -2.05. The SMILES string of the molecule is CCCCC/C=C\C/C=C\CCCCCCCC(=O)NCCNCN. The predicted octanol–water partition coefficient (Wildman–Crippen LogP) is 4.42. The zero-order chi connectivity index (χ0) is 18.4. The van der Waals surface area contributed by atoms with Gasteiger partial charge < -0.3 is 16.4 Å². The van der Waals surface area contributed by atoms with Gasteiger partial charge >= 0.3 is 0 Å². The number of amides is 1. The van der Waals surface area contributed by atoms with Crippen molar-refractivity contribution >= 4 is 5.91 Å². The topological polar surface area (TPSA) is 67.2 Å². The molecule has 0 aromatic carbocycles. The first-order valence-electron chi connectivity index (χ1n) is 10.3. The van der Waals surface area contributed by atoms with Crippen LogP contribution in [0.15, 0.2) is 24.3 Å². The van der Waals surface area contributed by atoms with E-state index < -0.39 is 0 Å². The number of unbranched alkanes of at least 4 members (excludes halogenated alkanes) is 8. The van der Waals surface area contributed by atoms with Crippen LogP contribution in [0, 0.1) is 0 Å². The molecule has 0 saturated heterocycles. The van der Waals surface area contributed by atoms with E-state index in [1.807, 2.05) is 0 Å². The molecule has 4 N–H and O–H groups in total. The molecule has 0 unspecified atom stereocenters. The summed E-state index contributed by atoms with van der Waals surface area (Å²) in [6.45, 7) is 4.11. The van der Waals surface area contributed by atoms with E-state index >= 15 is 0 Å². The highest BCUT2D eigenvalue weighted by Crippen LogP contribution is 2.08. The van der Waals surface area contributed by atoms with Gasteiger partial charge in [-0.2, -0.15) is 0 Å². The highest BCUT2D eigenvalue weighted by atomic mass is 16.1. The zero-order valence-electron chi connectivity index (χ0n) is 16.4. The molecule has 0 saturated carbocycles. The fourth-order valence-electron chi connectivity index (χ4n) is 2.58. The van der Waals surface area contributed by atoms with Gasteiger partial charge in [0.2, 0.25) is 5.91 Å². The average molecular weight is 352 g/mol. The molecule has 0 aliphatic rings. The maximum absolute atomic E-state index is 11.6. The number of carbonyl (C=O) groups is 1. The van der Waals surface area contributed by atoms with Crippen LogP contribution >= 0.6 is 0 Å². The molecule has 1 amide bonds. The molecule has 0 bridgehead atoms. The lowest BCUT2D eigenvalue weighted by Crippen LogP contribution is -2.33. The van der Waals surface area contributed by atoms with Crippen molar-refractivity contribution in [2.24, 2.45) is 5.73 Å². The Morgan fingerprint density at radius 2 is 1.48 bits per heavy atom. The summed E-state index contributed by atoms with van der Waals surface area (Å²) >= 11 is 0. The fourth-order valence-corrected chi connectivity index (χ4v) is 2.58. The van der Waals surface area contributed by atoms with E-state index in [0.29, 0.717) is 19.6 Å². The molecule has 0 fully saturated rings. The number of carbonyl (C=O) groups excluding carboxylic acids is 1. The minimum absolute atomic E-state index is 0.157. The normalized spacial score (nSPS) is 11.6. The number of hydrogen-bond acceptors (Lipinski definition) is 3. The van der Waals surface area contributed by atoms with Gasteiger partial charge in [-0.1, -0.05) is 63.3 Å². The van der Waals surface area contributed by atoms with Crippen molar-refractivity contribution < 1.29 is 4.79 Å². The number of nitrogens with two attached hydrogens (primary N) is 1. The van der Waals surface area contributed by atoms with Gasteiger partial charge in [0.15, 0.2) is 0 Å². The Hall–Kier alpha value is -1.13. The van der Waals surface area contributed by atoms with Crippen LogP contribution in [-0.2, 0) is 4.79 Å². The van der Waals surface area contributed by atoms with E-state index in [-0.39, 0.29) is 5.91 Å². The minimum Gasteiger partial charge on any atom is -0.355 e. The fraction of sp³-hybridized carbons (Fsp3) is 0.762. The summed E-state index contributed by atoms with van der Waals surface area (Å²) in [5, 5.41) is 5.87. The number of hydrogen-bond donors (Lipinski definition) is 3. The van der Waals surface area contributed by atoms with Gasteiger partial charge in [0.05, 0.1) is 0 Å². The van der Waals surface area contributed by atoms with Crippen LogP contribution in [0.5, 0.6) is 0 Å². The monoisotopic (exact) mass is 351 g/mol. The van der Waals surface area contributed by atoms with Crippen molar-refractivity contribution in [2.75, 3.05) is 19.8 Å². The second-order valence-corrected chi connectivity index (χ2v) is 6.53. The largest absolute Gasteiger partial charge is 0.355 e. The Balaban J connectivity index is 3.25. The van der Waals surface area contributed by atoms with Crippen molar-refractivity contribution in [1.29, 1.82) is 0 Å². The molecule has 0 aromatic heterocycles. The summed E-state index contributed by atoms with van der Waals surface area (Å²) in [5.41, 5.74) is 5.31. The highest BCUT2D eigenvalue weighted by Gasteiger charge is 1.99. The molecule has 0 heterocycles. The van der Waals surface area contributed by atoms with E-state index in [9.17, 15) is 4.79 Å². The van der Waals surface area contributed by atoms with Gasteiger partial charge in [-0.15, -0.1) is 0 Å². The van der Waals surface area contributed by atoms with Crippen LogP contribution in [0.4, 0.5) is 0 Å². The summed E-state index contributed by atoms with van der Waals surface area (Å²) in [4.78, 5) is 11.6. The lowest BCUT2D eigenvalue weighted by atomic mass is 10.1. The van der Waals surface area contributed by atoms with Gasteiger partial charge in [-0.3, -0.25) is 4.79 Å². The smallest absolute Gasteiger partial charge is 0.220 e. The number of allylic oxidation sites excluding steroid dienone is 4. The van der Waals surface area contributed by atoms with Gasteiger partial charge in [0.1, 0.15) is 0 Å². The molecule has 4 nitrogen and oxygen atoms in total. The van der Waals surface area contributed by atoms with Gasteiger partial charge in [-0.25, -0.2) is 0 Å². The van der Waals surface area contributed by atoms with E-state index in [2.05, 4.69) is 41.9 Å². The maximum Gasteiger partial charge on any atom is 0.220 e. The second-order valence-electron chi connectivity index (χ2n) is 6.53. The van der Waals surface area contributed by atoms with Crippen molar-refractivity contribution in [3.63, 3.8) is 0 Å². The quantitative estimate of drug-likeness (QED) is 0.194. The molecule has 0 spiro atoms. The van der Waals surface area contributed by atoms with Gasteiger partial charge in [-0.05, 0) is 38.5 Å². The summed E-state index contributed by atoms with van der Waals surface area (Å²) in [6, 6.07) is 0. The van der Waals surface area contributed by atoms with E-state index in [1.54, 1.807) is 0 Å². The Kier molecular flexibility index (Phi) is 20.0. The molecular formula is C21H41N3O. The lowest BCUT2D eigenvalue weighted by molar-refractivity contribution is -0.121. The molecule has 0 rings (SSSR count). The van der Waals surface area contributed by atoms with Gasteiger partial charge in [0, 0.05) is 26.2 Å². The van der Waals surface area contributed by atoms with Crippen molar-refractivity contribution in [3.05, 3.63) is 24.3 Å². The minimum atomic E-state index is 0.157. The molecule has 0 aromatic rings. The average Bonchev–Trinajstić information content (AvgIpc) is 2.62. The van der Waals surface area contributed by atoms with Crippen LogP contribution in [0.1, 0.15) is 84.0 Å². The van der Waals surface area contributed by atoms with Gasteiger partial charge in [0.25, 0.3) is 0 Å². The van der Waals surface area contributed by atoms with E-state index in [4.69, 9.17) is 5.73 Å². The summed E-state index contributed by atoms with van der Waals surface area (Å²) < 4.78 is 0. The first-order chi connectivity index (χ1) is 12.3. The molecule has 146 valence electrons. The predicted molar refractivity (Wildman–Crippen MR) is 109 cm³/mol. The van der Waals surface area contributed by atoms with Crippen molar-refractivity contribution in [2.45, 2.75) is 84.0 Å². The van der Waals surface area contributed by atoms with Crippen molar-refractivity contribution in [1.82, 2.24) is 10.6 Å². The third kappa shape index (κ3) is 20.8. The van der Waals surface area contributed by atoms with Crippen molar-refractivity contribution in [3.8, 4) is 0 Å². The van der Waals surface area contributed by atoms with E-state index in [1.165, 1.54) is 51.4 Å². The Morgan fingerprint density at radius 3 is 2.16 bits per heavy atom. The second kappa shape index (κ2) is 20.9. The Labute approximate surface area is 155 Å². The molecular weight excluding hydrogens is 310 g/mol. The van der Waals surface area contributed by atoms with Crippen LogP contribution < -0.4 is 16.4 Å². The van der Waals surface area contributed by atoms with Crippen LogP contribution in [0.2, 0.25) is 0 Å². The van der Waals surface area contributed by atoms with Crippen LogP contribution in [0.3, 0.4) is 0 Å². The Bertz CT molecular complexity index is 340. The summed E-state index contributed by atoms with van der Waals surface area (Å²) in [7, 11) is 0. The van der Waals surface area contributed by atoms with Crippen LogP contribution in [-0.4, -0.2) is 25.7 Å². The molecule has 0 radical (unpaired) electrons. The third-order valence-electron chi connectivity index (χ3n) is 4.12. The number of nitrogens with one attached hydrogen (secondary N) is 2. The third-order valence-corrected chi connectivity index (χ3v) is 4.12. The number of rotatable bonds is 18. The first-order valence-corrected chi connectivity index (χ1v) is 10.3. The molecule has 25 heavy (non-hydrogen) atoms. The first kappa shape index (κ1) is 23.9. The standard InChI is InChI=1S/C21H41N3O/c1-2-3-4-5-6-7-8-9-10-11-12-13-14-15-16-17-21(25)24-19-18-23-20-22/h6-7,9-10,23H,2-5,8,11-20,22H2,1H3,(H,24,25)/b7-6-,10-9-. The molecule has 4 heteroatoms. The summed E-state index contributed by atoms with van der Waals surface area (Å²) in [5.74, 6) is 0.157. The Morgan fingerprint density at radius 1 is 0.840 bits per heavy atom. The van der Waals surface area contributed by atoms with Crippen LogP contribution in [0.25, 0.3) is 0 Å². The van der Waals surface area contributed by atoms with E-state index in [0.717, 1.165) is 25.8 Å². The summed E-state index contributed by atoms with van der Waals surface area (Å²) in [6.07, 6.45) is 23.2. The highest BCUT2D eigenvalue weighted by molar-refractivity contribution is 5.75. The molecule has 0 aliphatic carbocycles.